The molecule has 0 unspecified atom stereocenters. The smallest absolute Gasteiger partial charge is 0.218 e. The summed E-state index contributed by atoms with van der Waals surface area (Å²) in [5.41, 5.74) is 5.92. The Morgan fingerprint density at radius 2 is 1.83 bits per heavy atom. The summed E-state index contributed by atoms with van der Waals surface area (Å²) >= 11 is 12.6. The Kier molecular flexibility index (Phi) is 6.86. The number of nitrogens with zero attached hydrogens (tertiary/aromatic N) is 1. The van der Waals surface area contributed by atoms with E-state index in [0.29, 0.717) is 15.6 Å². The number of carbonyl (C=O) groups excluding carboxylic acids is 1. The maximum atomic E-state index is 12.1. The van der Waals surface area contributed by atoms with E-state index in [1.165, 1.54) is 0 Å². The van der Waals surface area contributed by atoms with Gasteiger partial charge in [0.05, 0.1) is 0 Å². The highest BCUT2D eigenvalue weighted by Crippen LogP contribution is 2.34. The summed E-state index contributed by atoms with van der Waals surface area (Å²) in [4.78, 5) is 13.8. The molecule has 0 radical (unpaired) electrons. The van der Waals surface area contributed by atoms with Crippen molar-refractivity contribution in [1.29, 1.82) is 0 Å². The van der Waals surface area contributed by atoms with E-state index in [9.17, 15) is 9.90 Å². The van der Waals surface area contributed by atoms with Crippen molar-refractivity contribution in [2.24, 2.45) is 0 Å². The molecule has 0 heterocycles. The molecular formula is C25H23Cl2NO2. The molecule has 0 atom stereocenters. The van der Waals surface area contributed by atoms with Crippen molar-refractivity contribution in [2.45, 2.75) is 26.7 Å². The van der Waals surface area contributed by atoms with Gasteiger partial charge in [0.2, 0.25) is 6.41 Å². The molecule has 1 N–H and O–H groups in total. The number of aryl methyl sites for hydroxylation is 1. The first kappa shape index (κ1) is 21.9. The van der Waals surface area contributed by atoms with Crippen molar-refractivity contribution in [1.82, 2.24) is 0 Å². The van der Waals surface area contributed by atoms with Crippen LogP contribution < -0.4 is 4.90 Å². The predicted octanol–water partition coefficient (Wildman–Crippen LogP) is 7.50. The number of benzene rings is 2. The van der Waals surface area contributed by atoms with Gasteiger partial charge in [-0.1, -0.05) is 54.1 Å². The normalized spacial score (nSPS) is 14.1. The van der Waals surface area contributed by atoms with Crippen molar-refractivity contribution in [2.75, 3.05) is 4.90 Å². The van der Waals surface area contributed by atoms with Crippen LogP contribution in [0, 0.1) is 6.92 Å². The van der Waals surface area contributed by atoms with Crippen molar-refractivity contribution >= 4 is 47.1 Å². The molecule has 0 saturated carbocycles. The molecule has 30 heavy (non-hydrogen) atoms. The summed E-state index contributed by atoms with van der Waals surface area (Å²) in [7, 11) is 0. The molecule has 3 nitrogen and oxygen atoms in total. The Hall–Kier alpha value is -2.75. The largest absolute Gasteiger partial charge is 0.508 e. The fourth-order valence-corrected chi connectivity index (χ4v) is 4.14. The van der Waals surface area contributed by atoms with Gasteiger partial charge < -0.3 is 5.11 Å². The van der Waals surface area contributed by atoms with E-state index < -0.39 is 0 Å². The molecule has 0 aliphatic heterocycles. The Balaban J connectivity index is 2.08. The minimum absolute atomic E-state index is 0.00704. The van der Waals surface area contributed by atoms with Gasteiger partial charge in [0, 0.05) is 32.6 Å². The summed E-state index contributed by atoms with van der Waals surface area (Å²) in [6, 6.07) is 10.9. The van der Waals surface area contributed by atoms with Crippen LogP contribution >= 0.6 is 23.2 Å². The lowest BCUT2D eigenvalue weighted by Gasteiger charge is -2.27. The van der Waals surface area contributed by atoms with Crippen molar-refractivity contribution < 1.29 is 9.90 Å². The average molecular weight is 440 g/mol. The van der Waals surface area contributed by atoms with E-state index in [1.54, 1.807) is 29.2 Å². The highest BCUT2D eigenvalue weighted by Gasteiger charge is 2.19. The maximum absolute atomic E-state index is 12.1. The Bertz CT molecular complexity index is 1080. The first-order chi connectivity index (χ1) is 14.3. The van der Waals surface area contributed by atoms with E-state index in [0.717, 1.165) is 52.9 Å². The van der Waals surface area contributed by atoms with Crippen LogP contribution in [0.1, 0.15) is 36.5 Å². The number of aliphatic hydroxyl groups is 1. The fourth-order valence-electron chi connectivity index (χ4n) is 3.61. The molecule has 0 fully saturated rings. The molecule has 1 aliphatic carbocycles. The Morgan fingerprint density at radius 3 is 2.43 bits per heavy atom. The summed E-state index contributed by atoms with van der Waals surface area (Å²) in [6.07, 6.45) is 8.40. The lowest BCUT2D eigenvalue weighted by molar-refractivity contribution is -0.107. The third kappa shape index (κ3) is 4.53. The van der Waals surface area contributed by atoms with Gasteiger partial charge in [0.25, 0.3) is 0 Å². The van der Waals surface area contributed by atoms with Crippen molar-refractivity contribution in [3.8, 4) is 0 Å². The maximum Gasteiger partial charge on any atom is 0.218 e. The van der Waals surface area contributed by atoms with Crippen LogP contribution in [0.25, 0.3) is 11.8 Å². The van der Waals surface area contributed by atoms with Crippen LogP contribution in [-0.4, -0.2) is 11.5 Å². The predicted molar refractivity (Wildman–Crippen MR) is 127 cm³/mol. The number of hydrogen-bond donors (Lipinski definition) is 1. The van der Waals surface area contributed by atoms with Gasteiger partial charge in [-0.15, -0.1) is 0 Å². The van der Waals surface area contributed by atoms with Crippen LogP contribution in [0.3, 0.4) is 0 Å². The zero-order valence-electron chi connectivity index (χ0n) is 17.0. The summed E-state index contributed by atoms with van der Waals surface area (Å²) < 4.78 is 0. The molecule has 1 amide bonds. The first-order valence-electron chi connectivity index (χ1n) is 9.59. The molecule has 0 aromatic heterocycles. The van der Waals surface area contributed by atoms with Crippen LogP contribution in [0.2, 0.25) is 10.0 Å². The first-order valence-corrected chi connectivity index (χ1v) is 10.3. The Morgan fingerprint density at radius 1 is 1.13 bits per heavy atom. The zero-order chi connectivity index (χ0) is 21.8. The summed E-state index contributed by atoms with van der Waals surface area (Å²) in [6.45, 7) is 7.49. The number of halogens is 2. The second-order valence-corrected chi connectivity index (χ2v) is 7.99. The third-order valence-electron chi connectivity index (χ3n) is 5.18. The van der Waals surface area contributed by atoms with Crippen LogP contribution in [0.15, 0.2) is 72.0 Å². The van der Waals surface area contributed by atoms with Gasteiger partial charge in [-0.3, -0.25) is 9.69 Å². The molecule has 0 spiro atoms. The molecule has 1 aliphatic rings. The molecule has 2 aromatic rings. The van der Waals surface area contributed by atoms with Crippen LogP contribution in [0.4, 0.5) is 5.69 Å². The van der Waals surface area contributed by atoms with Gasteiger partial charge in [0.1, 0.15) is 5.76 Å². The number of carbonyl (C=O) groups is 1. The van der Waals surface area contributed by atoms with E-state index in [1.807, 2.05) is 38.1 Å². The molecule has 154 valence electrons. The molecule has 0 bridgehead atoms. The molecular weight excluding hydrogens is 417 g/mol. The van der Waals surface area contributed by atoms with E-state index in [4.69, 9.17) is 23.2 Å². The number of anilines is 1. The minimum atomic E-state index is 0.00704. The van der Waals surface area contributed by atoms with E-state index in [-0.39, 0.29) is 5.76 Å². The van der Waals surface area contributed by atoms with Gasteiger partial charge in [0.15, 0.2) is 0 Å². The number of hydrogen-bond acceptors (Lipinski definition) is 2. The third-order valence-corrected chi connectivity index (χ3v) is 5.84. The van der Waals surface area contributed by atoms with Crippen LogP contribution in [-0.2, 0) is 4.79 Å². The standard InChI is InChI=1S/C25H23Cl2NO2/c1-16-6-4-9-25(21(16)12-13-22-23(26)7-5-8-24(22)27)28(15-29)19-10-11-20(18(3)30)17(2)14-19/h5-8,10-15,30H,3-4,9H2,1-2H3/b13-12+. The average Bonchev–Trinajstić information content (AvgIpc) is 2.69. The monoisotopic (exact) mass is 439 g/mol. The highest BCUT2D eigenvalue weighted by molar-refractivity contribution is 6.37. The number of amides is 1. The molecule has 2 aromatic carbocycles. The number of aliphatic hydroxyl groups excluding tert-OH is 1. The molecule has 5 heteroatoms. The van der Waals surface area contributed by atoms with E-state index in [2.05, 4.69) is 12.7 Å². The quantitative estimate of drug-likeness (QED) is 0.373. The second kappa shape index (κ2) is 9.38. The number of allylic oxidation sites excluding steroid dienone is 5. The van der Waals surface area contributed by atoms with Crippen LogP contribution in [0.5, 0.6) is 0 Å². The molecule has 0 saturated heterocycles. The summed E-state index contributed by atoms with van der Waals surface area (Å²) in [5.74, 6) is 0.00704. The van der Waals surface area contributed by atoms with Gasteiger partial charge in [-0.2, -0.15) is 0 Å². The topological polar surface area (TPSA) is 40.5 Å². The van der Waals surface area contributed by atoms with Gasteiger partial charge >= 0.3 is 0 Å². The SMILES string of the molecule is C=C(O)c1ccc(N(C=O)C2=C(/C=C/c3c(Cl)cccc3Cl)C(C)=CCC2)cc1C. The van der Waals surface area contributed by atoms with E-state index >= 15 is 0 Å². The van der Waals surface area contributed by atoms with Gasteiger partial charge in [-0.25, -0.2) is 0 Å². The molecule has 3 rings (SSSR count). The summed E-state index contributed by atoms with van der Waals surface area (Å²) in [5, 5.41) is 10.9. The Labute approximate surface area is 187 Å². The number of rotatable bonds is 6. The fraction of sp³-hybridized carbons (Fsp3) is 0.160. The van der Waals surface area contributed by atoms with Crippen molar-refractivity contribution in [3.05, 3.63) is 98.7 Å². The zero-order valence-corrected chi connectivity index (χ0v) is 18.5. The lowest BCUT2D eigenvalue weighted by atomic mass is 9.93. The highest BCUT2D eigenvalue weighted by atomic mass is 35.5. The van der Waals surface area contributed by atoms with Crippen molar-refractivity contribution in [3.63, 3.8) is 0 Å². The second-order valence-electron chi connectivity index (χ2n) is 7.18. The lowest BCUT2D eigenvalue weighted by Crippen LogP contribution is -2.23. The van der Waals surface area contributed by atoms with Gasteiger partial charge in [-0.05, 0) is 73.7 Å². The minimum Gasteiger partial charge on any atom is -0.508 e.